The van der Waals surface area contributed by atoms with Gasteiger partial charge in [-0.05, 0) is 26.8 Å². The molecule has 1 atom stereocenters. The van der Waals surface area contributed by atoms with Crippen LogP contribution >= 0.6 is 0 Å². The van der Waals surface area contributed by atoms with Crippen LogP contribution in [0, 0.1) is 28.4 Å². The van der Waals surface area contributed by atoms with E-state index in [0.29, 0.717) is 6.54 Å². The van der Waals surface area contributed by atoms with Crippen molar-refractivity contribution < 1.29 is 8.78 Å². The molecule has 0 spiro atoms. The molecule has 92 valence electrons. The van der Waals surface area contributed by atoms with Crippen LogP contribution in [0.2, 0.25) is 0 Å². The van der Waals surface area contributed by atoms with E-state index >= 15 is 0 Å². The minimum atomic E-state index is -0.851. The van der Waals surface area contributed by atoms with Gasteiger partial charge in [-0.1, -0.05) is 12.1 Å². The number of hydrogen-bond acceptors (Lipinski definition) is 2. The van der Waals surface area contributed by atoms with E-state index in [1.807, 2.05) is 0 Å². The molecule has 0 aliphatic rings. The summed E-state index contributed by atoms with van der Waals surface area (Å²) in [6.45, 7) is 5.73. The van der Waals surface area contributed by atoms with Crippen molar-refractivity contribution in [1.29, 1.82) is 5.26 Å². The van der Waals surface area contributed by atoms with E-state index in [1.54, 1.807) is 20.8 Å². The molecule has 0 saturated carbocycles. The first-order valence-electron chi connectivity index (χ1n) is 5.46. The van der Waals surface area contributed by atoms with Gasteiger partial charge in [0.25, 0.3) is 0 Å². The molecule has 0 bridgehead atoms. The smallest absolute Gasteiger partial charge is 0.163 e. The van der Waals surface area contributed by atoms with E-state index in [-0.39, 0.29) is 11.6 Å². The van der Waals surface area contributed by atoms with Gasteiger partial charge in [-0.25, -0.2) is 8.78 Å². The van der Waals surface area contributed by atoms with Crippen molar-refractivity contribution in [3.05, 3.63) is 35.4 Å². The van der Waals surface area contributed by atoms with Crippen molar-refractivity contribution >= 4 is 0 Å². The van der Waals surface area contributed by atoms with E-state index < -0.39 is 17.0 Å². The Morgan fingerprint density at radius 1 is 1.41 bits per heavy atom. The van der Waals surface area contributed by atoms with Gasteiger partial charge >= 0.3 is 0 Å². The van der Waals surface area contributed by atoms with Crippen molar-refractivity contribution in [2.45, 2.75) is 26.8 Å². The molecule has 1 N–H and O–H groups in total. The van der Waals surface area contributed by atoms with Crippen LogP contribution in [0.1, 0.15) is 32.4 Å². The van der Waals surface area contributed by atoms with Crippen molar-refractivity contribution in [1.82, 2.24) is 5.32 Å². The van der Waals surface area contributed by atoms with Gasteiger partial charge in [0.1, 0.15) is 0 Å². The molecular weight excluding hydrogens is 222 g/mol. The molecule has 0 amide bonds. The van der Waals surface area contributed by atoms with Crippen LogP contribution < -0.4 is 5.32 Å². The molecule has 0 saturated heterocycles. The standard InChI is InChI=1S/C13H16F2N2/c1-9(17-8-13(2,3)7-16)10-5-4-6-11(14)12(10)15/h4-6,9,17H,8H2,1-3H3. The first kappa shape index (κ1) is 13.6. The van der Waals surface area contributed by atoms with Crippen LogP contribution in [-0.4, -0.2) is 6.54 Å². The second-order valence-electron chi connectivity index (χ2n) is 4.74. The zero-order valence-electron chi connectivity index (χ0n) is 10.2. The number of nitrogens with zero attached hydrogens (tertiary/aromatic N) is 1. The molecule has 1 aromatic carbocycles. The summed E-state index contributed by atoms with van der Waals surface area (Å²) in [6, 6.07) is 5.91. The highest BCUT2D eigenvalue weighted by Crippen LogP contribution is 2.20. The minimum absolute atomic E-state index is 0.277. The SMILES string of the molecule is CC(NCC(C)(C)C#N)c1cccc(F)c1F. The molecule has 0 radical (unpaired) electrons. The van der Waals surface area contributed by atoms with Gasteiger partial charge in [-0.15, -0.1) is 0 Å². The molecule has 0 aromatic heterocycles. The van der Waals surface area contributed by atoms with Gasteiger partial charge < -0.3 is 5.32 Å². The summed E-state index contributed by atoms with van der Waals surface area (Å²) >= 11 is 0. The number of nitrogens with one attached hydrogen (secondary N) is 1. The fourth-order valence-corrected chi connectivity index (χ4v) is 1.41. The lowest BCUT2D eigenvalue weighted by molar-refractivity contribution is 0.403. The van der Waals surface area contributed by atoms with Gasteiger partial charge in [0.2, 0.25) is 0 Å². The molecule has 0 aliphatic heterocycles. The molecule has 17 heavy (non-hydrogen) atoms. The van der Waals surface area contributed by atoms with E-state index in [2.05, 4.69) is 11.4 Å². The van der Waals surface area contributed by atoms with E-state index in [1.165, 1.54) is 12.1 Å². The third kappa shape index (κ3) is 3.50. The molecule has 4 heteroatoms. The van der Waals surface area contributed by atoms with Crippen molar-refractivity contribution in [2.75, 3.05) is 6.54 Å². The molecule has 0 fully saturated rings. The van der Waals surface area contributed by atoms with Crippen LogP contribution in [0.15, 0.2) is 18.2 Å². The van der Waals surface area contributed by atoms with Crippen molar-refractivity contribution in [3.8, 4) is 6.07 Å². The molecule has 2 nitrogen and oxygen atoms in total. The van der Waals surface area contributed by atoms with Crippen LogP contribution in [0.4, 0.5) is 8.78 Å². The van der Waals surface area contributed by atoms with Crippen LogP contribution in [-0.2, 0) is 0 Å². The van der Waals surface area contributed by atoms with Gasteiger partial charge in [0.05, 0.1) is 11.5 Å². The second kappa shape index (κ2) is 5.24. The van der Waals surface area contributed by atoms with Gasteiger partial charge in [0, 0.05) is 18.2 Å². The number of rotatable bonds is 4. The molecule has 1 aromatic rings. The fraction of sp³-hybridized carbons (Fsp3) is 0.462. The Morgan fingerprint density at radius 2 is 2.06 bits per heavy atom. The average molecular weight is 238 g/mol. The normalized spacial score (nSPS) is 13.2. The van der Waals surface area contributed by atoms with Crippen molar-refractivity contribution in [2.24, 2.45) is 5.41 Å². The third-order valence-corrected chi connectivity index (χ3v) is 2.60. The summed E-state index contributed by atoms with van der Waals surface area (Å²) < 4.78 is 26.5. The highest BCUT2D eigenvalue weighted by atomic mass is 19.2. The number of benzene rings is 1. The fourth-order valence-electron chi connectivity index (χ4n) is 1.41. The monoisotopic (exact) mass is 238 g/mol. The Hall–Kier alpha value is -1.47. The minimum Gasteiger partial charge on any atom is -0.309 e. The predicted molar refractivity (Wildman–Crippen MR) is 62.2 cm³/mol. The average Bonchev–Trinajstić information content (AvgIpc) is 2.30. The van der Waals surface area contributed by atoms with Crippen LogP contribution in [0.5, 0.6) is 0 Å². The highest BCUT2D eigenvalue weighted by Gasteiger charge is 2.19. The number of halogens is 2. The number of hydrogen-bond donors (Lipinski definition) is 1. The van der Waals surface area contributed by atoms with Gasteiger partial charge in [0.15, 0.2) is 11.6 Å². The maximum atomic E-state index is 13.5. The lowest BCUT2D eigenvalue weighted by Crippen LogP contribution is -2.30. The summed E-state index contributed by atoms with van der Waals surface area (Å²) in [5.41, 5.74) is -0.253. The lowest BCUT2D eigenvalue weighted by Gasteiger charge is -2.21. The zero-order chi connectivity index (χ0) is 13.1. The molecular formula is C13H16F2N2. The Bertz CT molecular complexity index is 436. The summed E-state index contributed by atoms with van der Waals surface area (Å²) in [4.78, 5) is 0. The van der Waals surface area contributed by atoms with Gasteiger partial charge in [-0.3, -0.25) is 0 Å². The van der Waals surface area contributed by atoms with E-state index in [4.69, 9.17) is 5.26 Å². The maximum absolute atomic E-state index is 13.5. The lowest BCUT2D eigenvalue weighted by atomic mass is 9.95. The predicted octanol–water partition coefficient (Wildman–Crippen LogP) is 3.17. The third-order valence-electron chi connectivity index (χ3n) is 2.60. The maximum Gasteiger partial charge on any atom is 0.163 e. The summed E-state index contributed by atoms with van der Waals surface area (Å²) in [7, 11) is 0. The van der Waals surface area contributed by atoms with Crippen LogP contribution in [0.25, 0.3) is 0 Å². The molecule has 1 unspecified atom stereocenters. The Balaban J connectivity index is 2.75. The van der Waals surface area contributed by atoms with E-state index in [9.17, 15) is 8.78 Å². The van der Waals surface area contributed by atoms with E-state index in [0.717, 1.165) is 6.07 Å². The summed E-state index contributed by atoms with van der Waals surface area (Å²) in [5, 5.41) is 11.9. The quantitative estimate of drug-likeness (QED) is 0.874. The van der Waals surface area contributed by atoms with Crippen molar-refractivity contribution in [3.63, 3.8) is 0 Å². The highest BCUT2D eigenvalue weighted by molar-refractivity contribution is 5.22. The first-order valence-corrected chi connectivity index (χ1v) is 5.46. The molecule has 0 heterocycles. The van der Waals surface area contributed by atoms with Gasteiger partial charge in [-0.2, -0.15) is 5.26 Å². The molecule has 0 aliphatic carbocycles. The zero-order valence-corrected chi connectivity index (χ0v) is 10.2. The summed E-state index contributed by atoms with van der Waals surface area (Å²) in [5.74, 6) is -1.68. The second-order valence-corrected chi connectivity index (χ2v) is 4.74. The summed E-state index contributed by atoms with van der Waals surface area (Å²) in [6.07, 6.45) is 0. The largest absolute Gasteiger partial charge is 0.309 e. The first-order chi connectivity index (χ1) is 7.87. The molecule has 1 rings (SSSR count). The Morgan fingerprint density at radius 3 is 2.65 bits per heavy atom. The van der Waals surface area contributed by atoms with Crippen LogP contribution in [0.3, 0.4) is 0 Å². The Labute approximate surface area is 100 Å². The number of nitriles is 1. The topological polar surface area (TPSA) is 35.8 Å². The Kier molecular flexibility index (Phi) is 4.19.